The van der Waals surface area contributed by atoms with Gasteiger partial charge in [0, 0.05) is 10.5 Å². The normalized spacial score (nSPS) is 18.5. The van der Waals surface area contributed by atoms with Crippen molar-refractivity contribution in [1.82, 2.24) is 5.32 Å². The van der Waals surface area contributed by atoms with E-state index in [4.69, 9.17) is 0 Å². The van der Waals surface area contributed by atoms with Gasteiger partial charge in [-0.25, -0.2) is 0 Å². The number of hydrogen-bond donors (Lipinski definition) is 1. The van der Waals surface area contributed by atoms with Crippen LogP contribution in [0.25, 0.3) is 0 Å². The van der Waals surface area contributed by atoms with Gasteiger partial charge in [-0.05, 0) is 49.1 Å². The van der Waals surface area contributed by atoms with Crippen molar-refractivity contribution in [3.63, 3.8) is 0 Å². The van der Waals surface area contributed by atoms with Crippen molar-refractivity contribution in [3.8, 4) is 0 Å². The van der Waals surface area contributed by atoms with E-state index >= 15 is 0 Å². The topological polar surface area (TPSA) is 12.0 Å². The Labute approximate surface area is 126 Å². The molecule has 1 unspecified atom stereocenters. The zero-order valence-electron chi connectivity index (χ0n) is 12.2. The minimum Gasteiger partial charge on any atom is -0.310 e. The Bertz CT molecular complexity index is 396. The molecular weight excluding hydrogens is 298 g/mol. The molecule has 1 aliphatic rings. The molecule has 1 aromatic rings. The van der Waals surface area contributed by atoms with Gasteiger partial charge in [-0.15, -0.1) is 0 Å². The van der Waals surface area contributed by atoms with Gasteiger partial charge < -0.3 is 5.32 Å². The van der Waals surface area contributed by atoms with Crippen molar-refractivity contribution in [3.05, 3.63) is 33.8 Å². The summed E-state index contributed by atoms with van der Waals surface area (Å²) in [5.74, 6) is 0.913. The fraction of sp³-hybridized carbons (Fsp3) is 0.647. The van der Waals surface area contributed by atoms with Crippen LogP contribution in [0.2, 0.25) is 0 Å². The number of hydrogen-bond acceptors (Lipinski definition) is 1. The van der Waals surface area contributed by atoms with Crippen molar-refractivity contribution in [2.75, 3.05) is 6.54 Å². The molecule has 2 heteroatoms. The zero-order valence-corrected chi connectivity index (χ0v) is 13.8. The van der Waals surface area contributed by atoms with E-state index < -0.39 is 0 Å². The van der Waals surface area contributed by atoms with Gasteiger partial charge in [0.15, 0.2) is 0 Å². The lowest BCUT2D eigenvalue weighted by Gasteiger charge is -2.28. The number of benzene rings is 1. The fourth-order valence-corrected chi connectivity index (χ4v) is 3.69. The number of halogens is 1. The molecule has 1 atom stereocenters. The maximum atomic E-state index is 3.69. The highest BCUT2D eigenvalue weighted by molar-refractivity contribution is 9.10. The second-order valence-corrected chi connectivity index (χ2v) is 6.77. The Morgan fingerprint density at radius 3 is 2.68 bits per heavy atom. The van der Waals surface area contributed by atoms with E-state index in [-0.39, 0.29) is 0 Å². The Hall–Kier alpha value is -0.340. The summed E-state index contributed by atoms with van der Waals surface area (Å²) in [5, 5.41) is 3.69. The van der Waals surface area contributed by atoms with Crippen LogP contribution in [0.3, 0.4) is 0 Å². The van der Waals surface area contributed by atoms with Crippen LogP contribution >= 0.6 is 15.9 Å². The molecule has 1 aromatic carbocycles. The van der Waals surface area contributed by atoms with Crippen molar-refractivity contribution in [2.45, 2.75) is 58.4 Å². The van der Waals surface area contributed by atoms with Crippen LogP contribution in [0.4, 0.5) is 0 Å². The minimum atomic E-state index is 0.519. The zero-order chi connectivity index (χ0) is 13.7. The van der Waals surface area contributed by atoms with Crippen molar-refractivity contribution < 1.29 is 0 Å². The largest absolute Gasteiger partial charge is 0.310 e. The summed E-state index contributed by atoms with van der Waals surface area (Å²) in [6, 6.07) is 7.18. The van der Waals surface area contributed by atoms with Crippen molar-refractivity contribution >= 4 is 15.9 Å². The molecule has 0 amide bonds. The minimum absolute atomic E-state index is 0.519. The Morgan fingerprint density at radius 2 is 2.00 bits per heavy atom. The lowest BCUT2D eigenvalue weighted by molar-refractivity contribution is 0.301. The third kappa shape index (κ3) is 4.32. The fourth-order valence-electron chi connectivity index (χ4n) is 3.31. The van der Waals surface area contributed by atoms with Gasteiger partial charge in [0.05, 0.1) is 0 Å². The third-order valence-electron chi connectivity index (χ3n) is 4.36. The molecule has 0 spiro atoms. The van der Waals surface area contributed by atoms with E-state index in [1.807, 2.05) is 0 Å². The van der Waals surface area contributed by atoms with Crippen LogP contribution in [-0.2, 0) is 0 Å². The van der Waals surface area contributed by atoms with Crippen LogP contribution in [-0.4, -0.2) is 6.54 Å². The summed E-state index contributed by atoms with van der Waals surface area (Å²) in [5.41, 5.74) is 2.88. The van der Waals surface area contributed by atoms with E-state index in [0.29, 0.717) is 6.04 Å². The van der Waals surface area contributed by atoms with Crippen LogP contribution in [0.1, 0.15) is 62.6 Å². The Kier molecular flexibility index (Phi) is 5.90. The summed E-state index contributed by atoms with van der Waals surface area (Å²) in [6.45, 7) is 5.48. The molecule has 1 saturated carbocycles. The maximum absolute atomic E-state index is 3.69. The molecule has 2 rings (SSSR count). The van der Waals surface area contributed by atoms with E-state index in [2.05, 4.69) is 53.3 Å². The summed E-state index contributed by atoms with van der Waals surface area (Å²) < 4.78 is 1.19. The standard InChI is InChI=1S/C17H26BrN/c1-3-19-17(11-14-7-5-4-6-8-14)16-12-15(18)10-9-13(16)2/h9-10,12,14,17,19H,3-8,11H2,1-2H3. The molecule has 1 nitrogen and oxygen atoms in total. The van der Waals surface area contributed by atoms with E-state index in [9.17, 15) is 0 Å². The first kappa shape index (κ1) is 15.1. The maximum Gasteiger partial charge on any atom is 0.0325 e. The van der Waals surface area contributed by atoms with Crippen LogP contribution in [0, 0.1) is 12.8 Å². The smallest absolute Gasteiger partial charge is 0.0325 e. The Balaban J connectivity index is 2.11. The molecule has 0 aromatic heterocycles. The van der Waals surface area contributed by atoms with Crippen LogP contribution in [0.5, 0.6) is 0 Å². The molecule has 0 heterocycles. The molecule has 0 saturated heterocycles. The van der Waals surface area contributed by atoms with Gasteiger partial charge in [0.25, 0.3) is 0 Å². The first-order valence-electron chi connectivity index (χ1n) is 7.70. The average Bonchev–Trinajstić information content (AvgIpc) is 2.42. The predicted molar refractivity (Wildman–Crippen MR) is 86.5 cm³/mol. The van der Waals surface area contributed by atoms with Gasteiger partial charge in [-0.3, -0.25) is 0 Å². The number of rotatable bonds is 5. The van der Waals surface area contributed by atoms with Gasteiger partial charge in [-0.2, -0.15) is 0 Å². The van der Waals surface area contributed by atoms with Gasteiger partial charge in [0.2, 0.25) is 0 Å². The molecule has 0 bridgehead atoms. The van der Waals surface area contributed by atoms with E-state index in [1.54, 1.807) is 0 Å². The first-order valence-corrected chi connectivity index (χ1v) is 8.49. The molecule has 1 fully saturated rings. The quantitative estimate of drug-likeness (QED) is 0.767. The highest BCUT2D eigenvalue weighted by Crippen LogP contribution is 2.33. The monoisotopic (exact) mass is 323 g/mol. The Morgan fingerprint density at radius 1 is 1.26 bits per heavy atom. The molecular formula is C17H26BrN. The third-order valence-corrected chi connectivity index (χ3v) is 4.85. The molecule has 106 valence electrons. The number of aryl methyl sites for hydroxylation is 1. The molecule has 0 aliphatic heterocycles. The van der Waals surface area contributed by atoms with Gasteiger partial charge in [-0.1, -0.05) is 61.0 Å². The lowest BCUT2D eigenvalue weighted by atomic mass is 9.82. The highest BCUT2D eigenvalue weighted by atomic mass is 79.9. The van der Waals surface area contributed by atoms with Crippen LogP contribution in [0.15, 0.2) is 22.7 Å². The second-order valence-electron chi connectivity index (χ2n) is 5.85. The molecule has 1 N–H and O–H groups in total. The summed E-state index contributed by atoms with van der Waals surface area (Å²) in [6.07, 6.45) is 8.45. The number of nitrogens with one attached hydrogen (secondary N) is 1. The van der Waals surface area contributed by atoms with E-state index in [0.717, 1.165) is 12.5 Å². The lowest BCUT2D eigenvalue weighted by Crippen LogP contribution is -2.25. The summed E-state index contributed by atoms with van der Waals surface area (Å²) in [7, 11) is 0. The van der Waals surface area contributed by atoms with Crippen LogP contribution < -0.4 is 5.32 Å². The van der Waals surface area contributed by atoms with Crippen molar-refractivity contribution in [1.29, 1.82) is 0 Å². The average molecular weight is 324 g/mol. The summed E-state index contributed by atoms with van der Waals surface area (Å²) in [4.78, 5) is 0. The summed E-state index contributed by atoms with van der Waals surface area (Å²) >= 11 is 3.61. The first-order chi connectivity index (χ1) is 9.20. The SMILES string of the molecule is CCNC(CC1CCCCC1)c1cc(Br)ccc1C. The molecule has 0 radical (unpaired) electrons. The van der Waals surface area contributed by atoms with E-state index in [1.165, 1.54) is 54.1 Å². The highest BCUT2D eigenvalue weighted by Gasteiger charge is 2.20. The van der Waals surface area contributed by atoms with Gasteiger partial charge >= 0.3 is 0 Å². The molecule has 1 aliphatic carbocycles. The van der Waals surface area contributed by atoms with Gasteiger partial charge in [0.1, 0.15) is 0 Å². The second kappa shape index (κ2) is 7.44. The van der Waals surface area contributed by atoms with Crippen molar-refractivity contribution in [2.24, 2.45) is 5.92 Å². The molecule has 19 heavy (non-hydrogen) atoms. The predicted octanol–water partition coefficient (Wildman–Crippen LogP) is 5.38.